The van der Waals surface area contributed by atoms with E-state index >= 15 is 0 Å². The van der Waals surface area contributed by atoms with Crippen LogP contribution in [0.15, 0.2) is 49.3 Å². The zero-order valence-corrected chi connectivity index (χ0v) is 21.9. The number of thiol groups is 2. The van der Waals surface area contributed by atoms with Crippen molar-refractivity contribution in [3.05, 3.63) is 71.6 Å². The molecular formula is C24H31N5O6S2. The van der Waals surface area contributed by atoms with E-state index in [4.69, 9.17) is 4.74 Å². The summed E-state index contributed by atoms with van der Waals surface area (Å²) in [6.45, 7) is 9.43. The number of rotatable bonds is 11. The number of aryl methyl sites for hydroxylation is 3. The van der Waals surface area contributed by atoms with Crippen LogP contribution in [0, 0.1) is 20.8 Å². The Labute approximate surface area is 227 Å². The number of carbonyl (C=O) groups excluding carboxylic acids is 1. The molecule has 2 N–H and O–H groups in total. The summed E-state index contributed by atoms with van der Waals surface area (Å²) in [7, 11) is 1.57. The Morgan fingerprint density at radius 3 is 2.30 bits per heavy atom. The first-order valence-corrected chi connectivity index (χ1v) is 11.1. The summed E-state index contributed by atoms with van der Waals surface area (Å²) in [5.41, 5.74) is 5.43. The number of benzene rings is 1. The van der Waals surface area contributed by atoms with Crippen LogP contribution in [0.2, 0.25) is 0 Å². The molecule has 0 aliphatic rings. The third-order valence-corrected chi connectivity index (χ3v) is 4.82. The summed E-state index contributed by atoms with van der Waals surface area (Å²) in [6.07, 6.45) is 5.09. The number of anilines is 4. The lowest BCUT2D eigenvalue weighted by molar-refractivity contribution is -0.568. The minimum atomic E-state index is -0.0347. The molecule has 0 radical (unpaired) electrons. The van der Waals surface area contributed by atoms with Crippen molar-refractivity contribution < 1.29 is 28.3 Å². The molecule has 13 heteroatoms. The molecule has 3 aromatic rings. The second kappa shape index (κ2) is 16.5. The molecule has 0 aliphatic heterocycles. The van der Waals surface area contributed by atoms with Crippen molar-refractivity contribution >= 4 is 54.7 Å². The van der Waals surface area contributed by atoms with E-state index in [-0.39, 0.29) is 19.6 Å². The van der Waals surface area contributed by atoms with E-state index < -0.39 is 0 Å². The summed E-state index contributed by atoms with van der Waals surface area (Å²) in [6, 6.07) is 7.73. The predicted octanol–water partition coefficient (Wildman–Crippen LogP) is 5.71. The number of hydrogen-bond donors (Lipinski definition) is 4. The van der Waals surface area contributed by atoms with E-state index in [1.807, 2.05) is 39.0 Å². The molecule has 0 saturated heterocycles. The second-order valence-corrected chi connectivity index (χ2v) is 7.61. The SMILES string of the molecule is C.C=CC(=O)Cc1cc(C)ccc1Nc1nc(Nc2cc(OC)ncc2C)ncc1C.SOOOOS. The highest BCUT2D eigenvalue weighted by Gasteiger charge is 2.11. The summed E-state index contributed by atoms with van der Waals surface area (Å²) in [5, 5.41) is 13.7. The Balaban J connectivity index is 0.000000876. The molecule has 0 atom stereocenters. The molecule has 0 fully saturated rings. The van der Waals surface area contributed by atoms with E-state index in [0.717, 1.165) is 33.6 Å². The number of aromatic nitrogens is 3. The molecule has 0 bridgehead atoms. The molecule has 0 saturated carbocycles. The molecule has 11 nitrogen and oxygen atoms in total. The lowest BCUT2D eigenvalue weighted by atomic mass is 10.0. The molecule has 3 rings (SSSR count). The zero-order chi connectivity index (χ0) is 26.5. The van der Waals surface area contributed by atoms with E-state index in [2.05, 4.69) is 76.7 Å². The Hall–Kier alpha value is -3.20. The highest BCUT2D eigenvalue weighted by atomic mass is 32.1. The van der Waals surface area contributed by atoms with Crippen LogP contribution in [-0.2, 0) is 30.0 Å². The molecule has 37 heavy (non-hydrogen) atoms. The second-order valence-electron chi connectivity index (χ2n) is 7.31. The van der Waals surface area contributed by atoms with Crippen molar-refractivity contribution in [2.45, 2.75) is 34.6 Å². The minimum absolute atomic E-state index is 0. The maximum atomic E-state index is 11.9. The number of ketones is 1. The average molecular weight is 550 g/mol. The van der Waals surface area contributed by atoms with Gasteiger partial charge in [-0.25, -0.2) is 9.97 Å². The van der Waals surface area contributed by atoms with Crippen molar-refractivity contribution in [2.75, 3.05) is 17.7 Å². The van der Waals surface area contributed by atoms with Gasteiger partial charge in [-0.15, -0.1) is 8.67 Å². The molecular weight excluding hydrogens is 518 g/mol. The topological polar surface area (TPSA) is 126 Å². The summed E-state index contributed by atoms with van der Waals surface area (Å²) >= 11 is 6.19. The Bertz CT molecular complexity index is 1180. The van der Waals surface area contributed by atoms with E-state index in [1.165, 1.54) is 6.08 Å². The van der Waals surface area contributed by atoms with Gasteiger partial charge in [-0.2, -0.15) is 4.98 Å². The van der Waals surface area contributed by atoms with Gasteiger partial charge >= 0.3 is 0 Å². The lowest BCUT2D eigenvalue weighted by Gasteiger charge is -2.15. The zero-order valence-electron chi connectivity index (χ0n) is 20.1. The van der Waals surface area contributed by atoms with Gasteiger partial charge in [0.2, 0.25) is 11.8 Å². The average Bonchev–Trinajstić information content (AvgIpc) is 2.87. The normalized spacial score (nSPS) is 9.89. The predicted molar refractivity (Wildman–Crippen MR) is 148 cm³/mol. The molecule has 0 spiro atoms. The smallest absolute Gasteiger partial charge is 0.229 e. The van der Waals surface area contributed by atoms with Crippen LogP contribution >= 0.6 is 25.8 Å². The van der Waals surface area contributed by atoms with E-state index in [0.29, 0.717) is 17.6 Å². The number of pyridine rings is 1. The maximum absolute atomic E-state index is 11.9. The van der Waals surface area contributed by atoms with Crippen molar-refractivity contribution in [3.63, 3.8) is 0 Å². The summed E-state index contributed by atoms with van der Waals surface area (Å²) in [5.74, 6) is 1.56. The minimum Gasteiger partial charge on any atom is -0.481 e. The van der Waals surface area contributed by atoms with Crippen molar-refractivity contribution in [2.24, 2.45) is 0 Å². The first-order chi connectivity index (χ1) is 17.3. The fraction of sp³-hybridized carbons (Fsp3) is 0.250. The fourth-order valence-electron chi connectivity index (χ4n) is 2.90. The first-order valence-electron chi connectivity index (χ1n) is 10.4. The quantitative estimate of drug-likeness (QED) is 0.0586. The standard InChI is InChI=1S/C23H25N5O2.CH4.H2O4S2/c1-6-18(29)10-17-9-14(2)7-8-19(17)26-22-16(4)13-25-23(28-22)27-20-11-21(30-5)24-12-15(20)3;;5-3-1-2-4-6/h6-9,11-13H,1,10H2,2-5H3,(H2,24,25,26,27,28);1H4;5-6H. The number of hydrogen-bond acceptors (Lipinski definition) is 13. The van der Waals surface area contributed by atoms with E-state index in [9.17, 15) is 4.79 Å². The van der Waals surface area contributed by atoms with Crippen molar-refractivity contribution in [1.29, 1.82) is 0 Å². The van der Waals surface area contributed by atoms with Crippen molar-refractivity contribution in [1.82, 2.24) is 15.0 Å². The third kappa shape index (κ3) is 10.4. The highest BCUT2D eigenvalue weighted by molar-refractivity contribution is 7.75. The van der Waals surface area contributed by atoms with Crippen LogP contribution in [0.3, 0.4) is 0 Å². The third-order valence-electron chi connectivity index (χ3n) is 4.70. The van der Waals surface area contributed by atoms with Gasteiger partial charge in [0.25, 0.3) is 0 Å². The van der Waals surface area contributed by atoms with Gasteiger partial charge in [-0.3, -0.25) is 4.79 Å². The molecule has 1 aromatic carbocycles. The number of nitrogens with zero attached hydrogens (tertiary/aromatic N) is 3. The largest absolute Gasteiger partial charge is 0.481 e. The number of ether oxygens (including phenoxy) is 1. The molecule has 200 valence electrons. The highest BCUT2D eigenvalue weighted by Crippen LogP contribution is 2.26. The Morgan fingerprint density at radius 1 is 1.00 bits per heavy atom. The van der Waals surface area contributed by atoms with Crippen LogP contribution in [0.25, 0.3) is 0 Å². The number of nitrogens with one attached hydrogen (secondary N) is 2. The monoisotopic (exact) mass is 549 g/mol. The van der Waals surface area contributed by atoms with Gasteiger partial charge in [0.1, 0.15) is 5.82 Å². The van der Waals surface area contributed by atoms with Gasteiger partial charge in [-0.05, 0) is 54.1 Å². The number of allylic oxidation sites excluding steroid dienone is 1. The van der Waals surface area contributed by atoms with Gasteiger partial charge in [0, 0.05) is 62.0 Å². The Morgan fingerprint density at radius 2 is 1.68 bits per heavy atom. The molecule has 0 amide bonds. The first kappa shape index (κ1) is 31.8. The van der Waals surface area contributed by atoms with Gasteiger partial charge in [0.15, 0.2) is 5.78 Å². The molecule has 2 aromatic heterocycles. The Kier molecular flexibility index (Phi) is 14.2. The summed E-state index contributed by atoms with van der Waals surface area (Å²) < 4.78 is 12.4. The maximum Gasteiger partial charge on any atom is 0.229 e. The van der Waals surface area contributed by atoms with Gasteiger partial charge < -0.3 is 15.4 Å². The molecule has 2 heterocycles. The van der Waals surface area contributed by atoms with Gasteiger partial charge in [-0.1, -0.05) is 31.7 Å². The van der Waals surface area contributed by atoms with Crippen molar-refractivity contribution in [3.8, 4) is 5.88 Å². The van der Waals surface area contributed by atoms with Crippen LogP contribution < -0.4 is 15.4 Å². The van der Waals surface area contributed by atoms with E-state index in [1.54, 1.807) is 25.6 Å². The fourth-order valence-corrected chi connectivity index (χ4v) is 2.95. The van der Waals surface area contributed by atoms with Crippen LogP contribution in [0.1, 0.15) is 29.7 Å². The van der Waals surface area contributed by atoms with Crippen LogP contribution in [0.5, 0.6) is 5.88 Å². The van der Waals surface area contributed by atoms with Gasteiger partial charge in [0.05, 0.1) is 12.8 Å². The number of methoxy groups -OCH3 is 1. The van der Waals surface area contributed by atoms with Crippen LogP contribution in [0.4, 0.5) is 23.1 Å². The molecule has 0 aliphatic carbocycles. The summed E-state index contributed by atoms with van der Waals surface area (Å²) in [4.78, 5) is 25.1. The number of carbonyl (C=O) groups is 1. The molecule has 0 unspecified atom stereocenters. The van der Waals surface area contributed by atoms with Crippen LogP contribution in [-0.4, -0.2) is 27.8 Å². The lowest BCUT2D eigenvalue weighted by Crippen LogP contribution is -2.07.